The van der Waals surface area contributed by atoms with Crippen LogP contribution in [0.4, 0.5) is 10.7 Å². The van der Waals surface area contributed by atoms with Crippen molar-refractivity contribution in [2.45, 2.75) is 36.6 Å². The molecule has 2 amide bonds. The van der Waals surface area contributed by atoms with Crippen LogP contribution in [0.15, 0.2) is 83.8 Å². The number of carbonyl (C=O) groups excluding carboxylic acids is 3. The first-order valence-electron chi connectivity index (χ1n) is 13.9. The van der Waals surface area contributed by atoms with Gasteiger partial charge in [-0.25, -0.2) is 9.59 Å². The molecule has 0 fully saturated rings. The van der Waals surface area contributed by atoms with Crippen molar-refractivity contribution < 1.29 is 29.0 Å². The summed E-state index contributed by atoms with van der Waals surface area (Å²) in [5.74, 6) is -2.48. The summed E-state index contributed by atoms with van der Waals surface area (Å²) in [6.45, 7) is 4.03. The number of esters is 1. The predicted octanol–water partition coefficient (Wildman–Crippen LogP) is 6.16. The second-order valence-corrected chi connectivity index (χ2v) is 12.7. The number of anilines is 2. The Labute approximate surface area is 263 Å². The Morgan fingerprint density at radius 3 is 2.43 bits per heavy atom. The fourth-order valence-corrected chi connectivity index (χ4v) is 7.23. The van der Waals surface area contributed by atoms with Crippen LogP contribution >= 0.6 is 23.1 Å². The molecule has 44 heavy (non-hydrogen) atoms. The van der Waals surface area contributed by atoms with Crippen molar-refractivity contribution in [2.24, 2.45) is 0 Å². The highest BCUT2D eigenvalue weighted by Gasteiger charge is 2.30. The summed E-state index contributed by atoms with van der Waals surface area (Å²) in [5, 5.41) is 15.1. The Balaban J connectivity index is 1.26. The van der Waals surface area contributed by atoms with Gasteiger partial charge in [-0.2, -0.15) is 0 Å². The van der Waals surface area contributed by atoms with E-state index in [-0.39, 0.29) is 17.0 Å². The molecule has 3 aromatic carbocycles. The normalized spacial score (nSPS) is 13.4. The van der Waals surface area contributed by atoms with Gasteiger partial charge in [0.25, 0.3) is 5.91 Å². The minimum atomic E-state index is -1.19. The zero-order chi connectivity index (χ0) is 31.2. The number of fused-ring (bicyclic) bond motifs is 1. The van der Waals surface area contributed by atoms with E-state index in [2.05, 4.69) is 27.7 Å². The van der Waals surface area contributed by atoms with E-state index < -0.39 is 23.1 Å². The fraction of sp³-hybridized carbons (Fsp3) is 0.212. The number of carboxylic acid groups (broad SMARTS) is 1. The van der Waals surface area contributed by atoms with Crippen molar-refractivity contribution in [3.8, 4) is 0 Å². The smallest absolute Gasteiger partial charge is 0.341 e. The monoisotopic (exact) mass is 629 g/mol. The van der Waals surface area contributed by atoms with E-state index in [0.717, 1.165) is 28.4 Å². The van der Waals surface area contributed by atoms with Crippen molar-refractivity contribution in [3.63, 3.8) is 0 Å². The maximum absolute atomic E-state index is 13.3. The van der Waals surface area contributed by atoms with E-state index in [1.54, 1.807) is 37.3 Å². The number of methoxy groups -OCH3 is 1. The molecule has 1 aliphatic rings. The highest BCUT2D eigenvalue weighted by atomic mass is 32.2. The summed E-state index contributed by atoms with van der Waals surface area (Å²) < 4.78 is 5.09. The Morgan fingerprint density at radius 1 is 0.977 bits per heavy atom. The van der Waals surface area contributed by atoms with Gasteiger partial charge in [0.2, 0.25) is 5.91 Å². The van der Waals surface area contributed by atoms with Gasteiger partial charge in [-0.3, -0.25) is 14.5 Å². The lowest BCUT2D eigenvalue weighted by Crippen LogP contribution is -2.29. The van der Waals surface area contributed by atoms with Crippen LogP contribution in [0, 0.1) is 0 Å². The van der Waals surface area contributed by atoms with Gasteiger partial charge >= 0.3 is 11.9 Å². The molecule has 5 rings (SSSR count). The molecule has 0 aliphatic carbocycles. The molecular weight excluding hydrogens is 599 g/mol. The van der Waals surface area contributed by atoms with E-state index >= 15 is 0 Å². The summed E-state index contributed by atoms with van der Waals surface area (Å²) in [6, 6.07) is 23.2. The van der Waals surface area contributed by atoms with Gasteiger partial charge in [-0.05, 0) is 54.8 Å². The molecule has 9 nitrogen and oxygen atoms in total. The molecule has 4 aromatic rings. The number of amides is 2. The lowest BCUT2D eigenvalue weighted by molar-refractivity contribution is -0.115. The number of thiophene rings is 1. The third kappa shape index (κ3) is 7.19. The summed E-state index contributed by atoms with van der Waals surface area (Å²) in [6.07, 6.45) is 0.679. The second-order valence-electron chi connectivity index (χ2n) is 10.2. The Kier molecular flexibility index (Phi) is 9.78. The first-order chi connectivity index (χ1) is 21.2. The number of carbonyl (C=O) groups is 4. The van der Waals surface area contributed by atoms with Crippen LogP contribution in [-0.2, 0) is 29.0 Å². The van der Waals surface area contributed by atoms with Crippen molar-refractivity contribution in [1.29, 1.82) is 0 Å². The predicted molar refractivity (Wildman–Crippen MR) is 172 cm³/mol. The highest BCUT2D eigenvalue weighted by molar-refractivity contribution is 8.00. The standard InChI is InChI=1S/C33H31N3O6S2/c1-20(43-23-12-8-11-22(17-23)34-30(38)24-13-6-7-14-25(24)32(39)40)29(37)35-31-28(33(41)42-2)26-15-16-36(19-27(26)44-31)18-21-9-4-3-5-10-21/h3-14,17,20H,15-16,18-19H2,1-2H3,(H,34,38)(H,35,37)(H,39,40). The number of hydrogen-bond donors (Lipinski definition) is 3. The molecule has 0 saturated heterocycles. The van der Waals surface area contributed by atoms with Gasteiger partial charge in [0.15, 0.2) is 0 Å². The highest BCUT2D eigenvalue weighted by Crippen LogP contribution is 2.38. The number of nitrogens with one attached hydrogen (secondary N) is 2. The Morgan fingerprint density at radius 2 is 1.70 bits per heavy atom. The second kappa shape index (κ2) is 13.9. The van der Waals surface area contributed by atoms with Crippen molar-refractivity contribution >= 4 is 57.5 Å². The molecule has 3 N–H and O–H groups in total. The minimum Gasteiger partial charge on any atom is -0.478 e. The Bertz CT molecular complexity index is 1700. The molecule has 1 atom stereocenters. The molecule has 0 radical (unpaired) electrons. The lowest BCUT2D eigenvalue weighted by atomic mass is 10.0. The number of hydrogen-bond acceptors (Lipinski definition) is 8. The van der Waals surface area contributed by atoms with Crippen LogP contribution in [0.2, 0.25) is 0 Å². The molecule has 11 heteroatoms. The zero-order valence-corrected chi connectivity index (χ0v) is 25.8. The molecule has 1 aliphatic heterocycles. The van der Waals surface area contributed by atoms with Gasteiger partial charge in [-0.1, -0.05) is 48.5 Å². The van der Waals surface area contributed by atoms with Crippen LogP contribution in [-0.4, -0.2) is 52.7 Å². The number of benzene rings is 3. The number of rotatable bonds is 10. The number of aromatic carboxylic acids is 1. The number of nitrogens with zero attached hydrogens (tertiary/aromatic N) is 1. The van der Waals surface area contributed by atoms with Gasteiger partial charge < -0.3 is 20.5 Å². The summed E-state index contributed by atoms with van der Waals surface area (Å²) in [4.78, 5) is 54.6. The number of carboxylic acids is 1. The molecule has 226 valence electrons. The van der Waals surface area contributed by atoms with Crippen molar-refractivity contribution in [3.05, 3.63) is 112 Å². The molecule has 1 unspecified atom stereocenters. The van der Waals surface area contributed by atoms with Gasteiger partial charge in [0.1, 0.15) is 5.00 Å². The molecule has 2 heterocycles. The molecule has 0 saturated carbocycles. The first-order valence-corrected chi connectivity index (χ1v) is 15.6. The number of ether oxygens (including phenoxy) is 1. The topological polar surface area (TPSA) is 125 Å². The Hall–Kier alpha value is -4.45. The van der Waals surface area contributed by atoms with Gasteiger partial charge in [0, 0.05) is 35.1 Å². The third-order valence-electron chi connectivity index (χ3n) is 7.19. The van der Waals surface area contributed by atoms with Crippen LogP contribution in [0.1, 0.15) is 54.0 Å². The summed E-state index contributed by atoms with van der Waals surface area (Å²) >= 11 is 2.70. The van der Waals surface area contributed by atoms with Crippen LogP contribution < -0.4 is 10.6 Å². The van der Waals surface area contributed by atoms with Crippen LogP contribution in [0.25, 0.3) is 0 Å². The maximum atomic E-state index is 13.3. The maximum Gasteiger partial charge on any atom is 0.341 e. The van der Waals surface area contributed by atoms with E-state index in [4.69, 9.17) is 4.74 Å². The van der Waals surface area contributed by atoms with Crippen molar-refractivity contribution in [1.82, 2.24) is 4.90 Å². The average Bonchev–Trinajstić information content (AvgIpc) is 3.38. The van der Waals surface area contributed by atoms with Crippen LogP contribution in [0.5, 0.6) is 0 Å². The third-order valence-corrected chi connectivity index (χ3v) is 9.41. The molecule has 0 bridgehead atoms. The largest absolute Gasteiger partial charge is 0.478 e. The van der Waals surface area contributed by atoms with Crippen molar-refractivity contribution in [2.75, 3.05) is 24.3 Å². The summed E-state index contributed by atoms with van der Waals surface area (Å²) in [7, 11) is 1.34. The van der Waals surface area contributed by atoms with E-state index in [1.807, 2.05) is 24.3 Å². The minimum absolute atomic E-state index is 0.0500. The quantitative estimate of drug-likeness (QED) is 0.141. The molecule has 0 spiro atoms. The molecule has 1 aromatic heterocycles. The first kappa shape index (κ1) is 31.0. The van der Waals surface area contributed by atoms with Gasteiger partial charge in [0.05, 0.1) is 29.1 Å². The van der Waals surface area contributed by atoms with Gasteiger partial charge in [-0.15, -0.1) is 23.1 Å². The lowest BCUT2D eigenvalue weighted by Gasteiger charge is -2.27. The number of thioether (sulfide) groups is 1. The van der Waals surface area contributed by atoms with E-state index in [0.29, 0.717) is 29.2 Å². The van der Waals surface area contributed by atoms with E-state index in [1.165, 1.54) is 47.9 Å². The zero-order valence-electron chi connectivity index (χ0n) is 24.2. The average molecular weight is 630 g/mol. The fourth-order valence-electron chi connectivity index (χ4n) is 5.02. The van der Waals surface area contributed by atoms with E-state index in [9.17, 15) is 24.3 Å². The van der Waals surface area contributed by atoms with Crippen LogP contribution in [0.3, 0.4) is 0 Å². The SMILES string of the molecule is COC(=O)c1c(NC(=O)C(C)Sc2cccc(NC(=O)c3ccccc3C(=O)O)c2)sc2c1CCN(Cc1ccccc1)C2. The summed E-state index contributed by atoms with van der Waals surface area (Å²) in [5.41, 5.74) is 2.99. The molecular formula is C33H31N3O6S2.